The molecule has 0 radical (unpaired) electrons. The zero-order valence-electron chi connectivity index (χ0n) is 13.0. The monoisotopic (exact) mass is 315 g/mol. The summed E-state index contributed by atoms with van der Waals surface area (Å²) in [7, 11) is 0. The van der Waals surface area contributed by atoms with Crippen LogP contribution >= 0.6 is 0 Å². The molecule has 122 valence electrons. The third-order valence-electron chi connectivity index (χ3n) is 4.64. The molecule has 0 bridgehead atoms. The Morgan fingerprint density at radius 1 is 1.22 bits per heavy atom. The minimum Gasteiger partial charge on any atom is -0.422 e. The van der Waals surface area contributed by atoms with Crippen LogP contribution in [-0.2, 0) is 0 Å². The third-order valence-corrected chi connectivity index (χ3v) is 4.64. The topological polar surface area (TPSA) is 83.3 Å². The number of carbonyl (C=O) groups excluding carboxylic acids is 1. The molecular formula is C16H21N5O2. The second-order valence-electron chi connectivity index (χ2n) is 6.35. The molecule has 4 rings (SSSR count). The SMILES string of the molecule is O=C(NC1CCCC1)NC1CCN(c2nc3ncccc3o2)C1. The predicted octanol–water partition coefficient (Wildman–Crippen LogP) is 2.04. The second-order valence-corrected chi connectivity index (χ2v) is 6.35. The molecule has 0 spiro atoms. The molecular weight excluding hydrogens is 294 g/mol. The number of aromatic nitrogens is 2. The summed E-state index contributed by atoms with van der Waals surface area (Å²) >= 11 is 0. The van der Waals surface area contributed by atoms with Crippen LogP contribution < -0.4 is 15.5 Å². The lowest BCUT2D eigenvalue weighted by atomic mass is 10.2. The van der Waals surface area contributed by atoms with E-state index < -0.39 is 0 Å². The van der Waals surface area contributed by atoms with E-state index in [0.29, 0.717) is 29.8 Å². The van der Waals surface area contributed by atoms with Crippen molar-refractivity contribution in [3.63, 3.8) is 0 Å². The van der Waals surface area contributed by atoms with Crippen molar-refractivity contribution >= 4 is 23.3 Å². The number of anilines is 1. The zero-order valence-corrected chi connectivity index (χ0v) is 13.0. The van der Waals surface area contributed by atoms with Crippen LogP contribution in [0.5, 0.6) is 0 Å². The smallest absolute Gasteiger partial charge is 0.315 e. The van der Waals surface area contributed by atoms with Crippen molar-refractivity contribution < 1.29 is 9.21 Å². The standard InChI is InChI=1S/C16H21N5O2/c22-15(18-11-4-1-2-5-11)19-12-7-9-21(10-12)16-20-14-13(23-16)6-3-8-17-14/h3,6,8,11-12H,1-2,4-5,7,9-10H2,(H2,18,19,22). The van der Waals surface area contributed by atoms with Gasteiger partial charge in [-0.25, -0.2) is 9.78 Å². The highest BCUT2D eigenvalue weighted by atomic mass is 16.4. The number of amides is 2. The number of hydrogen-bond acceptors (Lipinski definition) is 5. The Balaban J connectivity index is 1.34. The summed E-state index contributed by atoms with van der Waals surface area (Å²) in [6.45, 7) is 1.53. The lowest BCUT2D eigenvalue weighted by Crippen LogP contribution is -2.46. The molecule has 2 aromatic rings. The Bertz CT molecular complexity index is 662. The van der Waals surface area contributed by atoms with E-state index in [1.165, 1.54) is 12.8 Å². The first kappa shape index (κ1) is 14.3. The summed E-state index contributed by atoms with van der Waals surface area (Å²) in [5, 5.41) is 6.13. The molecule has 2 aliphatic rings. The molecule has 1 aliphatic carbocycles. The number of nitrogens with zero attached hydrogens (tertiary/aromatic N) is 3. The van der Waals surface area contributed by atoms with Gasteiger partial charge >= 0.3 is 6.03 Å². The number of nitrogens with one attached hydrogen (secondary N) is 2. The molecule has 23 heavy (non-hydrogen) atoms. The number of fused-ring (bicyclic) bond motifs is 1. The molecule has 1 saturated carbocycles. The Labute approximate surface area is 134 Å². The fourth-order valence-electron chi connectivity index (χ4n) is 3.43. The fourth-order valence-corrected chi connectivity index (χ4v) is 3.43. The zero-order chi connectivity index (χ0) is 15.6. The van der Waals surface area contributed by atoms with Crippen LogP contribution in [0.1, 0.15) is 32.1 Å². The van der Waals surface area contributed by atoms with Crippen molar-refractivity contribution in [2.75, 3.05) is 18.0 Å². The molecule has 2 fully saturated rings. The summed E-state index contributed by atoms with van der Waals surface area (Å²) in [6.07, 6.45) is 7.22. The summed E-state index contributed by atoms with van der Waals surface area (Å²) < 4.78 is 5.74. The second kappa shape index (κ2) is 6.06. The lowest BCUT2D eigenvalue weighted by Gasteiger charge is -2.17. The van der Waals surface area contributed by atoms with Gasteiger partial charge < -0.3 is 20.0 Å². The van der Waals surface area contributed by atoms with Crippen molar-refractivity contribution in [3.05, 3.63) is 18.3 Å². The number of pyridine rings is 1. The molecule has 2 amide bonds. The number of carbonyl (C=O) groups is 1. The van der Waals surface area contributed by atoms with E-state index in [1.54, 1.807) is 6.20 Å². The van der Waals surface area contributed by atoms with Crippen LogP contribution in [-0.4, -0.2) is 41.2 Å². The predicted molar refractivity (Wildman–Crippen MR) is 86.3 cm³/mol. The van der Waals surface area contributed by atoms with Crippen molar-refractivity contribution in [1.82, 2.24) is 20.6 Å². The number of oxazole rings is 1. The van der Waals surface area contributed by atoms with Crippen LogP contribution in [0.25, 0.3) is 11.2 Å². The average molecular weight is 315 g/mol. The summed E-state index contributed by atoms with van der Waals surface area (Å²) in [6, 6.07) is 4.69. The van der Waals surface area contributed by atoms with Crippen LogP contribution in [0.2, 0.25) is 0 Å². The van der Waals surface area contributed by atoms with Crippen LogP contribution in [0.3, 0.4) is 0 Å². The van der Waals surface area contributed by atoms with Gasteiger partial charge in [-0.15, -0.1) is 0 Å². The van der Waals surface area contributed by atoms with Crippen LogP contribution in [0, 0.1) is 0 Å². The van der Waals surface area contributed by atoms with Gasteiger partial charge in [0.25, 0.3) is 6.01 Å². The molecule has 1 unspecified atom stereocenters. The van der Waals surface area contributed by atoms with Gasteiger partial charge in [0.05, 0.1) is 0 Å². The van der Waals surface area contributed by atoms with Gasteiger partial charge in [0.2, 0.25) is 5.65 Å². The normalized spacial score (nSPS) is 21.9. The van der Waals surface area contributed by atoms with E-state index in [1.807, 2.05) is 12.1 Å². The summed E-state index contributed by atoms with van der Waals surface area (Å²) in [4.78, 5) is 22.7. The van der Waals surface area contributed by atoms with Gasteiger partial charge in [0, 0.05) is 31.4 Å². The van der Waals surface area contributed by atoms with Gasteiger partial charge in [0.1, 0.15) is 0 Å². The van der Waals surface area contributed by atoms with Gasteiger partial charge in [-0.3, -0.25) is 0 Å². The third kappa shape index (κ3) is 3.09. The van der Waals surface area contributed by atoms with E-state index in [9.17, 15) is 4.79 Å². The molecule has 3 heterocycles. The van der Waals surface area contributed by atoms with Gasteiger partial charge in [-0.1, -0.05) is 12.8 Å². The molecule has 2 N–H and O–H groups in total. The highest BCUT2D eigenvalue weighted by Gasteiger charge is 2.28. The van der Waals surface area contributed by atoms with E-state index in [-0.39, 0.29) is 12.1 Å². The maximum absolute atomic E-state index is 12.0. The Morgan fingerprint density at radius 2 is 2.04 bits per heavy atom. The van der Waals surface area contributed by atoms with Gasteiger partial charge in [0.15, 0.2) is 5.58 Å². The highest BCUT2D eigenvalue weighted by Crippen LogP contribution is 2.23. The largest absolute Gasteiger partial charge is 0.422 e. The molecule has 7 heteroatoms. The summed E-state index contributed by atoms with van der Waals surface area (Å²) in [5.74, 6) is 0. The lowest BCUT2D eigenvalue weighted by molar-refractivity contribution is 0.234. The number of rotatable bonds is 3. The Morgan fingerprint density at radius 3 is 2.87 bits per heavy atom. The van der Waals surface area contributed by atoms with Gasteiger partial charge in [-0.2, -0.15) is 4.98 Å². The Hall–Kier alpha value is -2.31. The number of urea groups is 1. The first-order valence-corrected chi connectivity index (χ1v) is 8.31. The van der Waals surface area contributed by atoms with Crippen molar-refractivity contribution in [1.29, 1.82) is 0 Å². The Kier molecular flexibility index (Phi) is 3.77. The van der Waals surface area contributed by atoms with E-state index in [0.717, 1.165) is 25.8 Å². The molecule has 1 saturated heterocycles. The average Bonchev–Trinajstić information content (AvgIpc) is 3.26. The molecule has 2 aromatic heterocycles. The van der Waals surface area contributed by atoms with Crippen molar-refractivity contribution in [2.45, 2.75) is 44.2 Å². The molecule has 1 aliphatic heterocycles. The van der Waals surface area contributed by atoms with E-state index >= 15 is 0 Å². The van der Waals surface area contributed by atoms with Gasteiger partial charge in [-0.05, 0) is 31.4 Å². The van der Waals surface area contributed by atoms with E-state index in [4.69, 9.17) is 4.42 Å². The fraction of sp³-hybridized carbons (Fsp3) is 0.562. The van der Waals surface area contributed by atoms with Crippen molar-refractivity contribution in [3.8, 4) is 0 Å². The quantitative estimate of drug-likeness (QED) is 0.905. The van der Waals surface area contributed by atoms with Crippen LogP contribution in [0.15, 0.2) is 22.7 Å². The molecule has 7 nitrogen and oxygen atoms in total. The first-order chi connectivity index (χ1) is 11.3. The molecule has 0 aromatic carbocycles. The first-order valence-electron chi connectivity index (χ1n) is 8.31. The van der Waals surface area contributed by atoms with Crippen molar-refractivity contribution in [2.24, 2.45) is 0 Å². The maximum atomic E-state index is 12.0. The minimum atomic E-state index is -0.0528. The highest BCUT2D eigenvalue weighted by molar-refractivity contribution is 5.75. The minimum absolute atomic E-state index is 0.0528. The van der Waals surface area contributed by atoms with Crippen LogP contribution in [0.4, 0.5) is 10.8 Å². The maximum Gasteiger partial charge on any atom is 0.315 e. The van der Waals surface area contributed by atoms with E-state index in [2.05, 4.69) is 25.5 Å². The number of hydrogen-bond donors (Lipinski definition) is 2. The molecule has 1 atom stereocenters. The summed E-state index contributed by atoms with van der Waals surface area (Å²) in [5.41, 5.74) is 1.32.